The standard InChI is InChI=1S/C18H27NO3/c1-12(2)18(13(3)4)19-17(20)10-8-14-7-9-15(21-5)16(11-14)22-6/h7-13,18H,1-6H3,(H,19,20)/b10-8+. The average Bonchev–Trinajstić information content (AvgIpc) is 2.49. The zero-order chi connectivity index (χ0) is 16.7. The van der Waals surface area contributed by atoms with Gasteiger partial charge in [0.2, 0.25) is 5.91 Å². The average molecular weight is 305 g/mol. The molecule has 0 aromatic heterocycles. The van der Waals surface area contributed by atoms with Crippen molar-refractivity contribution in [3.63, 3.8) is 0 Å². The lowest BCUT2D eigenvalue weighted by Crippen LogP contribution is -2.41. The summed E-state index contributed by atoms with van der Waals surface area (Å²) >= 11 is 0. The van der Waals surface area contributed by atoms with Gasteiger partial charge in [-0.05, 0) is 35.6 Å². The molecule has 0 saturated heterocycles. The molecule has 0 atom stereocenters. The van der Waals surface area contributed by atoms with E-state index in [-0.39, 0.29) is 11.9 Å². The van der Waals surface area contributed by atoms with Gasteiger partial charge >= 0.3 is 0 Å². The number of carbonyl (C=O) groups excluding carboxylic acids is 1. The molecule has 0 aliphatic carbocycles. The topological polar surface area (TPSA) is 47.6 Å². The van der Waals surface area contributed by atoms with Gasteiger partial charge in [-0.3, -0.25) is 4.79 Å². The summed E-state index contributed by atoms with van der Waals surface area (Å²) in [5, 5.41) is 3.06. The van der Waals surface area contributed by atoms with Crippen LogP contribution in [0.25, 0.3) is 6.08 Å². The Hall–Kier alpha value is -1.97. The molecule has 1 amide bonds. The first-order chi connectivity index (χ1) is 10.4. The van der Waals surface area contributed by atoms with E-state index in [1.165, 1.54) is 0 Å². The summed E-state index contributed by atoms with van der Waals surface area (Å²) in [6.45, 7) is 8.46. The van der Waals surface area contributed by atoms with E-state index in [4.69, 9.17) is 9.47 Å². The lowest BCUT2D eigenvalue weighted by Gasteiger charge is -2.25. The van der Waals surface area contributed by atoms with Gasteiger partial charge in [-0.25, -0.2) is 0 Å². The molecule has 0 saturated carbocycles. The maximum Gasteiger partial charge on any atom is 0.244 e. The van der Waals surface area contributed by atoms with Crippen LogP contribution in [0.15, 0.2) is 24.3 Å². The van der Waals surface area contributed by atoms with Crippen molar-refractivity contribution in [1.82, 2.24) is 5.32 Å². The number of hydrogen-bond donors (Lipinski definition) is 1. The summed E-state index contributed by atoms with van der Waals surface area (Å²) in [4.78, 5) is 12.1. The van der Waals surface area contributed by atoms with Crippen molar-refractivity contribution in [2.75, 3.05) is 14.2 Å². The molecule has 0 aliphatic heterocycles. The molecular weight excluding hydrogens is 278 g/mol. The zero-order valence-corrected chi connectivity index (χ0v) is 14.3. The molecule has 1 aromatic carbocycles. The van der Waals surface area contributed by atoms with Gasteiger partial charge in [0.15, 0.2) is 11.5 Å². The summed E-state index contributed by atoms with van der Waals surface area (Å²) in [7, 11) is 3.19. The molecule has 0 fully saturated rings. The smallest absolute Gasteiger partial charge is 0.244 e. The van der Waals surface area contributed by atoms with Gasteiger partial charge in [0.1, 0.15) is 0 Å². The molecule has 0 bridgehead atoms. The van der Waals surface area contributed by atoms with E-state index in [0.717, 1.165) is 5.56 Å². The Bertz CT molecular complexity index is 513. The van der Waals surface area contributed by atoms with Crippen LogP contribution in [0, 0.1) is 11.8 Å². The normalized spacial score (nSPS) is 11.5. The van der Waals surface area contributed by atoms with E-state index in [1.54, 1.807) is 26.4 Å². The zero-order valence-electron chi connectivity index (χ0n) is 14.3. The summed E-state index contributed by atoms with van der Waals surface area (Å²) in [6, 6.07) is 5.71. The van der Waals surface area contributed by atoms with Gasteiger partial charge in [-0.2, -0.15) is 0 Å². The SMILES string of the molecule is COc1ccc(/C=C/C(=O)NC(C(C)C)C(C)C)cc1OC. The van der Waals surface area contributed by atoms with Crippen LogP contribution in [0.2, 0.25) is 0 Å². The van der Waals surface area contributed by atoms with E-state index >= 15 is 0 Å². The van der Waals surface area contributed by atoms with Crippen molar-refractivity contribution in [3.05, 3.63) is 29.8 Å². The first-order valence-electron chi connectivity index (χ1n) is 7.59. The number of nitrogens with one attached hydrogen (secondary N) is 1. The number of methoxy groups -OCH3 is 2. The number of rotatable bonds is 7. The minimum atomic E-state index is -0.0813. The molecule has 0 spiro atoms. The molecule has 0 radical (unpaired) electrons. The van der Waals surface area contributed by atoms with Crippen LogP contribution in [0.5, 0.6) is 11.5 Å². The van der Waals surface area contributed by atoms with E-state index in [9.17, 15) is 4.79 Å². The summed E-state index contributed by atoms with van der Waals surface area (Å²) < 4.78 is 10.4. The van der Waals surface area contributed by atoms with E-state index < -0.39 is 0 Å². The monoisotopic (exact) mass is 305 g/mol. The second-order valence-corrected chi connectivity index (χ2v) is 5.97. The van der Waals surface area contributed by atoms with Gasteiger partial charge in [-0.1, -0.05) is 33.8 Å². The van der Waals surface area contributed by atoms with E-state index in [1.807, 2.05) is 18.2 Å². The van der Waals surface area contributed by atoms with Gasteiger partial charge < -0.3 is 14.8 Å². The summed E-state index contributed by atoms with van der Waals surface area (Å²) in [5.74, 6) is 2.04. The van der Waals surface area contributed by atoms with Crippen LogP contribution < -0.4 is 14.8 Å². The summed E-state index contributed by atoms with van der Waals surface area (Å²) in [6.07, 6.45) is 3.33. The van der Waals surface area contributed by atoms with Gasteiger partial charge in [0.25, 0.3) is 0 Å². The fourth-order valence-corrected chi connectivity index (χ4v) is 2.44. The van der Waals surface area contributed by atoms with E-state index in [2.05, 4.69) is 33.0 Å². The molecule has 0 heterocycles. The second kappa shape index (κ2) is 8.47. The maximum absolute atomic E-state index is 12.1. The maximum atomic E-state index is 12.1. The molecule has 4 heteroatoms. The van der Waals surface area contributed by atoms with Crippen LogP contribution in [0.3, 0.4) is 0 Å². The quantitative estimate of drug-likeness (QED) is 0.784. The van der Waals surface area contributed by atoms with Crippen LogP contribution >= 0.6 is 0 Å². The van der Waals surface area contributed by atoms with Crippen molar-refractivity contribution >= 4 is 12.0 Å². The molecule has 1 rings (SSSR count). The Labute approximate surface area is 133 Å². The fraction of sp³-hybridized carbons (Fsp3) is 0.500. The van der Waals surface area contributed by atoms with Crippen molar-refractivity contribution in [2.24, 2.45) is 11.8 Å². The molecule has 0 aliphatic rings. The van der Waals surface area contributed by atoms with Crippen LogP contribution in [-0.4, -0.2) is 26.2 Å². The third-order valence-corrected chi connectivity index (χ3v) is 3.58. The van der Waals surface area contributed by atoms with Crippen molar-refractivity contribution in [2.45, 2.75) is 33.7 Å². The highest BCUT2D eigenvalue weighted by Gasteiger charge is 2.18. The minimum Gasteiger partial charge on any atom is -0.493 e. The van der Waals surface area contributed by atoms with Crippen LogP contribution in [0.4, 0.5) is 0 Å². The second-order valence-electron chi connectivity index (χ2n) is 5.97. The van der Waals surface area contributed by atoms with Crippen molar-refractivity contribution in [3.8, 4) is 11.5 Å². The molecule has 122 valence electrons. The highest BCUT2D eigenvalue weighted by atomic mass is 16.5. The largest absolute Gasteiger partial charge is 0.493 e. The molecular formula is C18H27NO3. The molecule has 22 heavy (non-hydrogen) atoms. The van der Waals surface area contributed by atoms with Gasteiger partial charge in [-0.15, -0.1) is 0 Å². The Morgan fingerprint density at radius 1 is 1.05 bits per heavy atom. The van der Waals surface area contributed by atoms with Crippen molar-refractivity contribution < 1.29 is 14.3 Å². The van der Waals surface area contributed by atoms with Crippen molar-refractivity contribution in [1.29, 1.82) is 0 Å². The predicted molar refractivity (Wildman–Crippen MR) is 90.2 cm³/mol. The summed E-state index contributed by atoms with van der Waals surface area (Å²) in [5.41, 5.74) is 0.887. The Kier molecular flexibility index (Phi) is 6.96. The van der Waals surface area contributed by atoms with Gasteiger partial charge in [0, 0.05) is 12.1 Å². The first kappa shape index (κ1) is 18.1. The lowest BCUT2D eigenvalue weighted by molar-refractivity contribution is -0.117. The van der Waals surface area contributed by atoms with E-state index in [0.29, 0.717) is 23.3 Å². The number of ether oxygens (including phenoxy) is 2. The molecule has 4 nitrogen and oxygen atoms in total. The molecule has 0 unspecified atom stereocenters. The number of carbonyl (C=O) groups is 1. The fourth-order valence-electron chi connectivity index (χ4n) is 2.44. The highest BCUT2D eigenvalue weighted by Crippen LogP contribution is 2.27. The van der Waals surface area contributed by atoms with Gasteiger partial charge in [0.05, 0.1) is 14.2 Å². The molecule has 1 aromatic rings. The lowest BCUT2D eigenvalue weighted by atomic mass is 9.93. The number of hydrogen-bond acceptors (Lipinski definition) is 3. The Morgan fingerprint density at radius 2 is 1.64 bits per heavy atom. The Balaban J connectivity index is 2.77. The molecule has 1 N–H and O–H groups in total. The first-order valence-corrected chi connectivity index (χ1v) is 7.59. The van der Waals surface area contributed by atoms with Crippen LogP contribution in [-0.2, 0) is 4.79 Å². The minimum absolute atomic E-state index is 0.0813. The highest BCUT2D eigenvalue weighted by molar-refractivity contribution is 5.92. The predicted octanol–water partition coefficient (Wildman–Crippen LogP) is 3.51. The third kappa shape index (κ3) is 5.10. The van der Waals surface area contributed by atoms with Crippen LogP contribution in [0.1, 0.15) is 33.3 Å². The third-order valence-electron chi connectivity index (χ3n) is 3.58. The number of amides is 1. The number of benzene rings is 1. The Morgan fingerprint density at radius 3 is 2.14 bits per heavy atom.